The smallest absolute Gasteiger partial charge is 0.236 e. The van der Waals surface area contributed by atoms with Gasteiger partial charge in [0.15, 0.2) is 0 Å². The van der Waals surface area contributed by atoms with E-state index < -0.39 is 0 Å². The van der Waals surface area contributed by atoms with E-state index in [0.717, 1.165) is 32.7 Å². The number of piperazine rings is 1. The predicted octanol–water partition coefficient (Wildman–Crippen LogP) is 0.540. The second kappa shape index (κ2) is 7.63. The van der Waals surface area contributed by atoms with Gasteiger partial charge in [-0.05, 0) is 20.0 Å². The highest BCUT2D eigenvalue weighted by Crippen LogP contribution is 1.99. The first-order valence-corrected chi connectivity index (χ1v) is 6.41. The van der Waals surface area contributed by atoms with Crippen LogP contribution >= 0.6 is 0 Å². The molecule has 1 rings (SSSR count). The first-order chi connectivity index (χ1) is 7.74. The number of rotatable bonds is 6. The van der Waals surface area contributed by atoms with Crippen LogP contribution in [0.15, 0.2) is 0 Å². The van der Waals surface area contributed by atoms with Crippen LogP contribution in [0.3, 0.4) is 0 Å². The Morgan fingerprint density at radius 1 is 1.31 bits per heavy atom. The number of nitrogens with zero attached hydrogens (tertiary/aromatic N) is 2. The van der Waals surface area contributed by atoms with Crippen LogP contribution in [0.4, 0.5) is 0 Å². The maximum atomic E-state index is 11.9. The van der Waals surface area contributed by atoms with Gasteiger partial charge in [0.05, 0.1) is 6.54 Å². The Balaban J connectivity index is 2.16. The van der Waals surface area contributed by atoms with Crippen LogP contribution in [0.5, 0.6) is 0 Å². The van der Waals surface area contributed by atoms with E-state index in [1.807, 2.05) is 11.9 Å². The lowest BCUT2D eigenvalue weighted by molar-refractivity contribution is -0.132. The Labute approximate surface area is 99.0 Å². The fourth-order valence-electron chi connectivity index (χ4n) is 1.96. The zero-order chi connectivity index (χ0) is 11.8. The molecule has 1 amide bonds. The Hall–Kier alpha value is -0.610. The van der Waals surface area contributed by atoms with Gasteiger partial charge in [-0.25, -0.2) is 0 Å². The third kappa shape index (κ3) is 4.94. The zero-order valence-electron chi connectivity index (χ0n) is 10.7. The van der Waals surface area contributed by atoms with E-state index in [9.17, 15) is 4.79 Å². The van der Waals surface area contributed by atoms with Gasteiger partial charge in [-0.2, -0.15) is 0 Å². The molecule has 1 saturated heterocycles. The van der Waals surface area contributed by atoms with Gasteiger partial charge >= 0.3 is 0 Å². The van der Waals surface area contributed by atoms with Gasteiger partial charge in [0.25, 0.3) is 0 Å². The van der Waals surface area contributed by atoms with Crippen LogP contribution in [-0.2, 0) is 4.79 Å². The van der Waals surface area contributed by atoms with Gasteiger partial charge in [-0.1, -0.05) is 19.8 Å². The molecule has 1 heterocycles. The van der Waals surface area contributed by atoms with Gasteiger partial charge in [-0.3, -0.25) is 9.69 Å². The zero-order valence-corrected chi connectivity index (χ0v) is 10.7. The van der Waals surface area contributed by atoms with Gasteiger partial charge in [-0.15, -0.1) is 0 Å². The standard InChI is InChI=1S/C12H25N3O/c1-3-4-5-8-14(2)11-12(16)15-9-6-13-7-10-15/h13H,3-11H2,1-2H3. The second-order valence-corrected chi connectivity index (χ2v) is 4.58. The van der Waals surface area contributed by atoms with E-state index in [0.29, 0.717) is 6.54 Å². The summed E-state index contributed by atoms with van der Waals surface area (Å²) in [6.07, 6.45) is 3.69. The van der Waals surface area contributed by atoms with Crippen molar-refractivity contribution in [2.75, 3.05) is 46.3 Å². The van der Waals surface area contributed by atoms with Crippen molar-refractivity contribution in [2.24, 2.45) is 0 Å². The van der Waals surface area contributed by atoms with Gasteiger partial charge < -0.3 is 10.2 Å². The first-order valence-electron chi connectivity index (χ1n) is 6.41. The number of hydrogen-bond donors (Lipinski definition) is 1. The molecule has 0 aromatic rings. The molecule has 0 aliphatic carbocycles. The molecule has 1 fully saturated rings. The molecule has 4 heteroatoms. The van der Waals surface area contributed by atoms with Crippen LogP contribution in [0.2, 0.25) is 0 Å². The molecule has 0 aromatic carbocycles. The SMILES string of the molecule is CCCCCN(C)CC(=O)N1CCNCC1. The largest absolute Gasteiger partial charge is 0.339 e. The van der Waals surface area contributed by atoms with Crippen LogP contribution in [0.25, 0.3) is 0 Å². The number of nitrogens with one attached hydrogen (secondary N) is 1. The third-order valence-electron chi connectivity index (χ3n) is 3.02. The van der Waals surface area contributed by atoms with E-state index in [1.165, 1.54) is 19.3 Å². The number of hydrogen-bond acceptors (Lipinski definition) is 3. The number of carbonyl (C=O) groups is 1. The third-order valence-corrected chi connectivity index (χ3v) is 3.02. The van der Waals surface area contributed by atoms with Crippen molar-refractivity contribution >= 4 is 5.91 Å². The molecule has 0 radical (unpaired) electrons. The average molecular weight is 227 g/mol. The minimum Gasteiger partial charge on any atom is -0.339 e. The fourth-order valence-corrected chi connectivity index (χ4v) is 1.96. The molecule has 1 aliphatic heterocycles. The molecular weight excluding hydrogens is 202 g/mol. The summed E-state index contributed by atoms with van der Waals surface area (Å²) in [6.45, 7) is 7.40. The lowest BCUT2D eigenvalue weighted by Crippen LogP contribution is -2.49. The lowest BCUT2D eigenvalue weighted by atomic mass is 10.2. The molecule has 0 atom stereocenters. The summed E-state index contributed by atoms with van der Waals surface area (Å²) in [5, 5.41) is 3.26. The summed E-state index contributed by atoms with van der Waals surface area (Å²) in [5.41, 5.74) is 0. The molecule has 1 N–H and O–H groups in total. The Morgan fingerprint density at radius 3 is 2.62 bits per heavy atom. The molecule has 0 saturated carbocycles. The molecule has 4 nitrogen and oxygen atoms in total. The van der Waals surface area contributed by atoms with Crippen LogP contribution in [0, 0.1) is 0 Å². The van der Waals surface area contributed by atoms with E-state index in [-0.39, 0.29) is 5.91 Å². The maximum Gasteiger partial charge on any atom is 0.236 e. The van der Waals surface area contributed by atoms with E-state index in [4.69, 9.17) is 0 Å². The van der Waals surface area contributed by atoms with Gasteiger partial charge in [0.1, 0.15) is 0 Å². The highest BCUT2D eigenvalue weighted by molar-refractivity contribution is 5.78. The normalized spacial score (nSPS) is 16.8. The Bertz CT molecular complexity index is 202. The van der Waals surface area contributed by atoms with Crippen molar-refractivity contribution in [3.05, 3.63) is 0 Å². The summed E-state index contributed by atoms with van der Waals surface area (Å²) < 4.78 is 0. The maximum absolute atomic E-state index is 11.9. The lowest BCUT2D eigenvalue weighted by Gasteiger charge is -2.29. The van der Waals surface area contributed by atoms with Crippen molar-refractivity contribution in [3.63, 3.8) is 0 Å². The van der Waals surface area contributed by atoms with Crippen LogP contribution in [-0.4, -0.2) is 62.0 Å². The highest BCUT2D eigenvalue weighted by atomic mass is 16.2. The van der Waals surface area contributed by atoms with Gasteiger partial charge in [0.2, 0.25) is 5.91 Å². The van der Waals surface area contributed by atoms with Crippen LogP contribution in [0.1, 0.15) is 26.2 Å². The summed E-state index contributed by atoms with van der Waals surface area (Å²) >= 11 is 0. The minimum absolute atomic E-state index is 0.278. The van der Waals surface area contributed by atoms with E-state index >= 15 is 0 Å². The molecule has 0 spiro atoms. The fraction of sp³-hybridized carbons (Fsp3) is 0.917. The Kier molecular flexibility index (Phi) is 6.42. The summed E-state index contributed by atoms with van der Waals surface area (Å²) in [7, 11) is 2.04. The molecule has 94 valence electrons. The van der Waals surface area contributed by atoms with E-state index in [1.54, 1.807) is 0 Å². The van der Waals surface area contributed by atoms with Crippen molar-refractivity contribution < 1.29 is 4.79 Å². The van der Waals surface area contributed by atoms with Crippen molar-refractivity contribution in [3.8, 4) is 0 Å². The van der Waals surface area contributed by atoms with Crippen molar-refractivity contribution in [1.82, 2.24) is 15.1 Å². The minimum atomic E-state index is 0.278. The number of amides is 1. The molecule has 0 bridgehead atoms. The monoisotopic (exact) mass is 227 g/mol. The number of likely N-dealkylation sites (N-methyl/N-ethyl adjacent to an activating group) is 1. The Morgan fingerprint density at radius 2 is 2.00 bits per heavy atom. The summed E-state index contributed by atoms with van der Waals surface area (Å²) in [5.74, 6) is 0.278. The molecule has 0 unspecified atom stereocenters. The molecular formula is C12H25N3O. The number of unbranched alkanes of at least 4 members (excludes halogenated alkanes) is 2. The predicted molar refractivity (Wildman–Crippen MR) is 66.5 cm³/mol. The summed E-state index contributed by atoms with van der Waals surface area (Å²) in [6, 6.07) is 0. The second-order valence-electron chi connectivity index (χ2n) is 4.58. The van der Waals surface area contributed by atoms with Crippen molar-refractivity contribution in [1.29, 1.82) is 0 Å². The topological polar surface area (TPSA) is 35.6 Å². The quantitative estimate of drug-likeness (QED) is 0.673. The van der Waals surface area contributed by atoms with Crippen LogP contribution < -0.4 is 5.32 Å². The molecule has 16 heavy (non-hydrogen) atoms. The number of carbonyl (C=O) groups excluding carboxylic acids is 1. The summed E-state index contributed by atoms with van der Waals surface area (Å²) in [4.78, 5) is 16.0. The van der Waals surface area contributed by atoms with Crippen molar-refractivity contribution in [2.45, 2.75) is 26.2 Å². The van der Waals surface area contributed by atoms with Gasteiger partial charge in [0, 0.05) is 26.2 Å². The average Bonchev–Trinajstić information content (AvgIpc) is 2.30. The first kappa shape index (κ1) is 13.5. The molecule has 0 aromatic heterocycles. The van der Waals surface area contributed by atoms with E-state index in [2.05, 4.69) is 17.1 Å². The molecule has 1 aliphatic rings. The highest BCUT2D eigenvalue weighted by Gasteiger charge is 2.16.